The van der Waals surface area contributed by atoms with Crippen LogP contribution in [-0.2, 0) is 11.3 Å². The number of rotatable bonds is 5. The normalized spacial score (nSPS) is 9.89. The molecule has 2 aromatic rings. The Kier molecular flexibility index (Phi) is 4.28. The van der Waals surface area contributed by atoms with Gasteiger partial charge in [-0.15, -0.1) is 0 Å². The Hall–Kier alpha value is -2.63. The van der Waals surface area contributed by atoms with Gasteiger partial charge in [0.1, 0.15) is 5.76 Å². The van der Waals surface area contributed by atoms with Gasteiger partial charge in [-0.1, -0.05) is 0 Å². The SMILES string of the molecule is O=C(CNC(=O)c1ccncc1)NCc1ccco1. The first-order valence-corrected chi connectivity index (χ1v) is 5.73. The van der Waals surface area contributed by atoms with Gasteiger partial charge in [0.15, 0.2) is 0 Å². The molecule has 2 heterocycles. The highest BCUT2D eigenvalue weighted by Crippen LogP contribution is 1.98. The summed E-state index contributed by atoms with van der Waals surface area (Å²) < 4.78 is 5.07. The highest BCUT2D eigenvalue weighted by atomic mass is 16.3. The third-order valence-corrected chi connectivity index (χ3v) is 2.39. The number of pyridine rings is 1. The van der Waals surface area contributed by atoms with Crippen molar-refractivity contribution in [1.82, 2.24) is 15.6 Å². The largest absolute Gasteiger partial charge is 0.467 e. The average molecular weight is 259 g/mol. The highest BCUT2D eigenvalue weighted by molar-refractivity contribution is 5.96. The lowest BCUT2D eigenvalue weighted by Gasteiger charge is -2.05. The van der Waals surface area contributed by atoms with Crippen molar-refractivity contribution in [3.05, 3.63) is 54.2 Å². The number of carbonyl (C=O) groups is 2. The van der Waals surface area contributed by atoms with Gasteiger partial charge in [0.2, 0.25) is 5.91 Å². The van der Waals surface area contributed by atoms with Gasteiger partial charge in [-0.3, -0.25) is 14.6 Å². The summed E-state index contributed by atoms with van der Waals surface area (Å²) in [6, 6.07) is 6.66. The van der Waals surface area contributed by atoms with Crippen molar-refractivity contribution in [1.29, 1.82) is 0 Å². The summed E-state index contributed by atoms with van der Waals surface area (Å²) in [6.45, 7) is 0.221. The lowest BCUT2D eigenvalue weighted by atomic mass is 10.2. The second kappa shape index (κ2) is 6.34. The summed E-state index contributed by atoms with van der Waals surface area (Å²) in [5, 5.41) is 5.15. The average Bonchev–Trinajstić information content (AvgIpc) is 2.96. The maximum absolute atomic E-state index is 11.6. The molecule has 2 N–H and O–H groups in total. The third kappa shape index (κ3) is 3.95. The molecule has 0 aliphatic rings. The van der Waals surface area contributed by atoms with Crippen molar-refractivity contribution in [2.24, 2.45) is 0 Å². The van der Waals surface area contributed by atoms with Gasteiger partial charge in [0.25, 0.3) is 5.91 Å². The first-order chi connectivity index (χ1) is 9.25. The van der Waals surface area contributed by atoms with Crippen LogP contribution in [0.5, 0.6) is 0 Å². The number of nitrogens with zero attached hydrogens (tertiary/aromatic N) is 1. The summed E-state index contributed by atoms with van der Waals surface area (Å²) in [5.74, 6) is 0.0724. The van der Waals surface area contributed by atoms with Crippen molar-refractivity contribution >= 4 is 11.8 Å². The van der Waals surface area contributed by atoms with E-state index in [0.717, 1.165) is 0 Å². The van der Waals surface area contributed by atoms with Crippen LogP contribution >= 0.6 is 0 Å². The van der Waals surface area contributed by atoms with Crippen LogP contribution in [0.3, 0.4) is 0 Å². The molecule has 0 atom stereocenters. The van der Waals surface area contributed by atoms with Crippen LogP contribution in [0.2, 0.25) is 0 Å². The molecule has 2 amide bonds. The van der Waals surface area contributed by atoms with Crippen LogP contribution in [0.4, 0.5) is 0 Å². The van der Waals surface area contributed by atoms with E-state index in [4.69, 9.17) is 4.42 Å². The van der Waals surface area contributed by atoms with Crippen molar-refractivity contribution in [3.8, 4) is 0 Å². The molecule has 0 aliphatic carbocycles. The number of hydrogen-bond donors (Lipinski definition) is 2. The van der Waals surface area contributed by atoms with E-state index in [1.807, 2.05) is 0 Å². The van der Waals surface area contributed by atoms with Gasteiger partial charge >= 0.3 is 0 Å². The Morgan fingerprint density at radius 2 is 1.95 bits per heavy atom. The Morgan fingerprint density at radius 3 is 2.63 bits per heavy atom. The molecule has 0 saturated carbocycles. The Balaban J connectivity index is 1.73. The predicted molar refractivity (Wildman–Crippen MR) is 67.1 cm³/mol. The minimum atomic E-state index is -0.310. The molecule has 6 heteroatoms. The number of amides is 2. The number of nitrogens with one attached hydrogen (secondary N) is 2. The van der Waals surface area contributed by atoms with E-state index in [1.54, 1.807) is 24.3 Å². The Bertz CT molecular complexity index is 538. The molecule has 0 fully saturated rings. The third-order valence-electron chi connectivity index (χ3n) is 2.39. The molecule has 19 heavy (non-hydrogen) atoms. The van der Waals surface area contributed by atoms with E-state index in [9.17, 15) is 9.59 Å². The molecular formula is C13H13N3O3. The zero-order valence-electron chi connectivity index (χ0n) is 10.1. The van der Waals surface area contributed by atoms with E-state index in [0.29, 0.717) is 17.9 Å². The highest BCUT2D eigenvalue weighted by Gasteiger charge is 2.07. The van der Waals surface area contributed by atoms with Crippen LogP contribution in [-0.4, -0.2) is 23.3 Å². The quantitative estimate of drug-likeness (QED) is 0.828. The van der Waals surface area contributed by atoms with E-state index in [1.165, 1.54) is 18.7 Å². The van der Waals surface area contributed by atoms with Crippen molar-refractivity contribution in [2.75, 3.05) is 6.54 Å². The molecule has 0 aromatic carbocycles. The number of hydrogen-bond acceptors (Lipinski definition) is 4. The zero-order valence-corrected chi connectivity index (χ0v) is 10.1. The van der Waals surface area contributed by atoms with E-state index < -0.39 is 0 Å². The summed E-state index contributed by atoms with van der Waals surface area (Å²) in [6.07, 6.45) is 4.57. The fraction of sp³-hybridized carbons (Fsp3) is 0.154. The maximum Gasteiger partial charge on any atom is 0.251 e. The Morgan fingerprint density at radius 1 is 1.16 bits per heavy atom. The van der Waals surface area contributed by atoms with Gasteiger partial charge in [-0.25, -0.2) is 0 Å². The topological polar surface area (TPSA) is 84.2 Å². The smallest absolute Gasteiger partial charge is 0.251 e. The molecule has 0 bridgehead atoms. The molecule has 2 aromatic heterocycles. The molecule has 0 unspecified atom stereocenters. The predicted octanol–water partition coefficient (Wildman–Crippen LogP) is 0.721. The second-order valence-electron chi connectivity index (χ2n) is 3.77. The molecular weight excluding hydrogens is 246 g/mol. The summed E-state index contributed by atoms with van der Waals surface area (Å²) in [4.78, 5) is 27.0. The second-order valence-corrected chi connectivity index (χ2v) is 3.77. The van der Waals surface area contributed by atoms with Crippen LogP contribution < -0.4 is 10.6 Å². The lowest BCUT2D eigenvalue weighted by molar-refractivity contribution is -0.120. The Labute approximate surface area is 109 Å². The van der Waals surface area contributed by atoms with Gasteiger partial charge in [-0.2, -0.15) is 0 Å². The van der Waals surface area contributed by atoms with E-state index in [2.05, 4.69) is 15.6 Å². The van der Waals surface area contributed by atoms with Crippen molar-refractivity contribution in [2.45, 2.75) is 6.54 Å². The minimum absolute atomic E-state index is 0.0815. The number of carbonyl (C=O) groups excluding carboxylic acids is 2. The maximum atomic E-state index is 11.6. The summed E-state index contributed by atoms with van der Waals surface area (Å²) in [5.41, 5.74) is 0.467. The number of furan rings is 1. The van der Waals surface area contributed by atoms with Crippen LogP contribution in [0.15, 0.2) is 47.3 Å². The van der Waals surface area contributed by atoms with E-state index in [-0.39, 0.29) is 18.4 Å². The van der Waals surface area contributed by atoms with Gasteiger partial charge in [-0.05, 0) is 24.3 Å². The molecule has 0 saturated heterocycles. The van der Waals surface area contributed by atoms with Crippen LogP contribution in [0.25, 0.3) is 0 Å². The standard InChI is InChI=1S/C13H13N3O3/c17-12(15-8-11-2-1-7-19-11)9-16-13(18)10-3-5-14-6-4-10/h1-7H,8-9H2,(H,15,17)(H,16,18). The fourth-order valence-corrected chi connectivity index (χ4v) is 1.43. The molecule has 2 rings (SSSR count). The van der Waals surface area contributed by atoms with E-state index >= 15 is 0 Å². The lowest BCUT2D eigenvalue weighted by Crippen LogP contribution is -2.36. The van der Waals surface area contributed by atoms with Crippen molar-refractivity contribution < 1.29 is 14.0 Å². The molecule has 98 valence electrons. The zero-order chi connectivity index (χ0) is 13.5. The number of aromatic nitrogens is 1. The molecule has 0 aliphatic heterocycles. The minimum Gasteiger partial charge on any atom is -0.467 e. The van der Waals surface area contributed by atoms with Gasteiger partial charge < -0.3 is 15.1 Å². The first-order valence-electron chi connectivity index (χ1n) is 5.73. The monoisotopic (exact) mass is 259 g/mol. The molecule has 6 nitrogen and oxygen atoms in total. The first kappa shape index (κ1) is 12.8. The van der Waals surface area contributed by atoms with Crippen LogP contribution in [0.1, 0.15) is 16.1 Å². The fourth-order valence-electron chi connectivity index (χ4n) is 1.43. The van der Waals surface area contributed by atoms with Crippen LogP contribution in [0, 0.1) is 0 Å². The van der Waals surface area contributed by atoms with Crippen molar-refractivity contribution in [3.63, 3.8) is 0 Å². The summed E-state index contributed by atoms with van der Waals surface area (Å²) >= 11 is 0. The van der Waals surface area contributed by atoms with Gasteiger partial charge in [0, 0.05) is 18.0 Å². The molecule has 0 spiro atoms. The molecule has 0 radical (unpaired) electrons. The van der Waals surface area contributed by atoms with Gasteiger partial charge in [0.05, 0.1) is 19.4 Å². The summed E-state index contributed by atoms with van der Waals surface area (Å²) in [7, 11) is 0.